The number of allylic oxidation sites excluding steroid dienone is 1. The molecule has 0 unspecified atom stereocenters. The lowest BCUT2D eigenvalue weighted by atomic mass is 9.86. The van der Waals surface area contributed by atoms with Crippen LogP contribution in [0.3, 0.4) is 0 Å². The normalized spacial score (nSPS) is 21.6. The highest BCUT2D eigenvalue weighted by Crippen LogP contribution is 2.36. The van der Waals surface area contributed by atoms with Gasteiger partial charge in [0.15, 0.2) is 5.96 Å². The van der Waals surface area contributed by atoms with Crippen LogP contribution >= 0.6 is 0 Å². The van der Waals surface area contributed by atoms with Crippen molar-refractivity contribution in [1.29, 1.82) is 5.41 Å². The highest BCUT2D eigenvalue weighted by atomic mass is 16.2. The number of benzene rings is 1. The van der Waals surface area contributed by atoms with Gasteiger partial charge in [0.1, 0.15) is 0 Å². The van der Waals surface area contributed by atoms with E-state index in [1.807, 2.05) is 42.9 Å². The van der Waals surface area contributed by atoms with Gasteiger partial charge in [-0.2, -0.15) is 0 Å². The topological polar surface area (TPSA) is 113 Å². The molecule has 1 amide bonds. The van der Waals surface area contributed by atoms with Gasteiger partial charge in [0, 0.05) is 54.7 Å². The maximum absolute atomic E-state index is 12.2. The zero-order chi connectivity index (χ0) is 18.4. The number of rotatable bonds is 3. The summed E-state index contributed by atoms with van der Waals surface area (Å²) in [7, 11) is 3.57. The summed E-state index contributed by atoms with van der Waals surface area (Å²) in [5, 5.41) is 8.53. The van der Waals surface area contributed by atoms with Gasteiger partial charge in [0.05, 0.1) is 12.0 Å². The Kier molecular flexibility index (Phi) is 3.87. The van der Waals surface area contributed by atoms with Crippen LogP contribution in [0.1, 0.15) is 24.5 Å². The van der Waals surface area contributed by atoms with Crippen LogP contribution in [0, 0.1) is 5.41 Å². The van der Waals surface area contributed by atoms with E-state index in [0.29, 0.717) is 5.57 Å². The van der Waals surface area contributed by atoms with Crippen LogP contribution in [0.2, 0.25) is 0 Å². The zero-order valence-electron chi connectivity index (χ0n) is 14.6. The molecule has 130 valence electrons. The summed E-state index contributed by atoms with van der Waals surface area (Å²) in [4.78, 5) is 18.2. The van der Waals surface area contributed by atoms with E-state index in [4.69, 9.17) is 16.9 Å². The van der Waals surface area contributed by atoms with Gasteiger partial charge < -0.3 is 21.4 Å². The first-order valence-electron chi connectivity index (χ1n) is 7.95. The third-order valence-corrected chi connectivity index (χ3v) is 4.83. The van der Waals surface area contributed by atoms with E-state index in [-0.39, 0.29) is 18.3 Å². The predicted octanol–water partition coefficient (Wildman–Crippen LogP) is 1.52. The Morgan fingerprint density at radius 3 is 2.72 bits per heavy atom. The SMILES string of the molecule is CN1C(=O)C[C@@](C)(c2ccc3c(c2)c(/C(C=N)=C/N)cn3C)N=C1N. The molecule has 1 aliphatic heterocycles. The number of nitrogens with zero attached hydrogens (tertiary/aromatic N) is 3. The van der Waals surface area contributed by atoms with Crippen LogP contribution in [0.25, 0.3) is 16.5 Å². The molecule has 1 aliphatic rings. The molecule has 1 atom stereocenters. The molecule has 0 fully saturated rings. The molecule has 2 heterocycles. The molecule has 0 radical (unpaired) electrons. The smallest absolute Gasteiger partial charge is 0.231 e. The van der Waals surface area contributed by atoms with Gasteiger partial charge in [0.25, 0.3) is 0 Å². The van der Waals surface area contributed by atoms with Crippen molar-refractivity contribution in [2.75, 3.05) is 7.05 Å². The van der Waals surface area contributed by atoms with Crippen molar-refractivity contribution < 1.29 is 4.79 Å². The van der Waals surface area contributed by atoms with Crippen LogP contribution < -0.4 is 11.5 Å². The molecule has 0 saturated heterocycles. The summed E-state index contributed by atoms with van der Waals surface area (Å²) in [6.45, 7) is 1.91. The van der Waals surface area contributed by atoms with Crippen molar-refractivity contribution in [2.24, 2.45) is 23.5 Å². The van der Waals surface area contributed by atoms with E-state index in [9.17, 15) is 4.79 Å². The second kappa shape index (κ2) is 5.77. The number of fused-ring (bicyclic) bond motifs is 1. The Balaban J connectivity index is 2.21. The van der Waals surface area contributed by atoms with E-state index >= 15 is 0 Å². The minimum Gasteiger partial charge on any atom is -0.404 e. The molecular formula is C18H22N6O. The Hall–Kier alpha value is -3.09. The molecule has 0 spiro atoms. The maximum atomic E-state index is 12.2. The van der Waals surface area contributed by atoms with Gasteiger partial charge in [-0.15, -0.1) is 0 Å². The quantitative estimate of drug-likeness (QED) is 0.737. The number of carbonyl (C=O) groups is 1. The van der Waals surface area contributed by atoms with Gasteiger partial charge in [-0.3, -0.25) is 9.69 Å². The summed E-state index contributed by atoms with van der Waals surface area (Å²) in [6.07, 6.45) is 4.85. The number of hydrogen-bond donors (Lipinski definition) is 3. The molecule has 1 aromatic heterocycles. The van der Waals surface area contributed by atoms with Crippen molar-refractivity contribution >= 4 is 34.6 Å². The summed E-state index contributed by atoms with van der Waals surface area (Å²) in [5.41, 5.74) is 14.3. The molecule has 5 N–H and O–H groups in total. The van der Waals surface area contributed by atoms with Gasteiger partial charge in [-0.1, -0.05) is 6.07 Å². The van der Waals surface area contributed by atoms with Gasteiger partial charge >= 0.3 is 0 Å². The fourth-order valence-corrected chi connectivity index (χ4v) is 3.25. The predicted molar refractivity (Wildman–Crippen MR) is 100 cm³/mol. The second-order valence-corrected chi connectivity index (χ2v) is 6.53. The summed E-state index contributed by atoms with van der Waals surface area (Å²) < 4.78 is 1.99. The molecule has 1 aromatic carbocycles. The molecule has 7 heteroatoms. The number of guanidine groups is 1. The van der Waals surface area contributed by atoms with Crippen molar-refractivity contribution in [3.63, 3.8) is 0 Å². The average Bonchev–Trinajstić information content (AvgIpc) is 2.90. The molecule has 0 aliphatic carbocycles. The lowest BCUT2D eigenvalue weighted by Crippen LogP contribution is -2.47. The number of nitrogens with two attached hydrogens (primary N) is 2. The van der Waals surface area contributed by atoms with E-state index in [1.165, 1.54) is 17.3 Å². The minimum atomic E-state index is -0.716. The monoisotopic (exact) mass is 338 g/mol. The summed E-state index contributed by atoms with van der Waals surface area (Å²) in [6, 6.07) is 5.97. The Labute approximate surface area is 146 Å². The second-order valence-electron chi connectivity index (χ2n) is 6.53. The van der Waals surface area contributed by atoms with Crippen LogP contribution in [0.5, 0.6) is 0 Å². The minimum absolute atomic E-state index is 0.0644. The van der Waals surface area contributed by atoms with Gasteiger partial charge in [-0.25, -0.2) is 4.99 Å². The Morgan fingerprint density at radius 2 is 2.12 bits per heavy atom. The number of nitrogens with one attached hydrogen (secondary N) is 1. The summed E-state index contributed by atoms with van der Waals surface area (Å²) in [5.74, 6) is 0.152. The Bertz CT molecular complexity index is 938. The highest BCUT2D eigenvalue weighted by Gasteiger charge is 2.36. The van der Waals surface area contributed by atoms with Crippen molar-refractivity contribution in [1.82, 2.24) is 9.47 Å². The van der Waals surface area contributed by atoms with Crippen molar-refractivity contribution in [3.8, 4) is 0 Å². The number of hydrogen-bond acceptors (Lipinski definition) is 5. The van der Waals surface area contributed by atoms with Crippen molar-refractivity contribution in [3.05, 3.63) is 41.7 Å². The first-order valence-corrected chi connectivity index (χ1v) is 7.95. The van der Waals surface area contributed by atoms with Crippen LogP contribution in [-0.2, 0) is 17.4 Å². The van der Waals surface area contributed by atoms with Gasteiger partial charge in [0.2, 0.25) is 5.91 Å². The number of carbonyl (C=O) groups excluding carboxylic acids is 1. The molecule has 25 heavy (non-hydrogen) atoms. The standard InChI is InChI=1S/C18H22N6O/c1-18(7-16(25)24(3)17(21)22-18)12-4-5-15-13(6-12)14(10-23(15)2)11(8-19)9-20/h4-6,8-10,19H,7,20H2,1-3H3,(H2,21,22)/b11-9+,19-8?/t18-/m0/s1. The van der Waals surface area contributed by atoms with Gasteiger partial charge in [-0.05, 0) is 24.6 Å². The largest absolute Gasteiger partial charge is 0.404 e. The number of aromatic nitrogens is 1. The number of aryl methyl sites for hydroxylation is 1. The molecule has 0 saturated carbocycles. The van der Waals surface area contributed by atoms with E-state index in [0.717, 1.165) is 22.0 Å². The lowest BCUT2D eigenvalue weighted by Gasteiger charge is -2.33. The fourth-order valence-electron chi connectivity index (χ4n) is 3.25. The highest BCUT2D eigenvalue weighted by molar-refractivity contribution is 6.13. The van der Waals surface area contributed by atoms with Crippen LogP contribution in [0.15, 0.2) is 35.6 Å². The third kappa shape index (κ3) is 2.57. The van der Waals surface area contributed by atoms with Crippen molar-refractivity contribution in [2.45, 2.75) is 18.9 Å². The van der Waals surface area contributed by atoms with Crippen LogP contribution in [-0.4, -0.2) is 34.6 Å². The lowest BCUT2D eigenvalue weighted by molar-refractivity contribution is -0.128. The molecular weight excluding hydrogens is 316 g/mol. The number of aliphatic imine (C=N–C) groups is 1. The fraction of sp³-hybridized carbons (Fsp3) is 0.278. The maximum Gasteiger partial charge on any atom is 0.231 e. The van der Waals surface area contributed by atoms with Crippen LogP contribution in [0.4, 0.5) is 0 Å². The zero-order valence-corrected chi connectivity index (χ0v) is 14.6. The first-order chi connectivity index (χ1) is 11.8. The number of amides is 1. The summed E-state index contributed by atoms with van der Waals surface area (Å²) >= 11 is 0. The molecule has 7 nitrogen and oxygen atoms in total. The molecule has 0 bridgehead atoms. The average molecular weight is 338 g/mol. The third-order valence-electron chi connectivity index (χ3n) is 4.83. The molecule has 3 rings (SSSR count). The van der Waals surface area contributed by atoms with E-state index in [2.05, 4.69) is 4.99 Å². The van der Waals surface area contributed by atoms with E-state index < -0.39 is 5.54 Å². The molecule has 2 aromatic rings. The Morgan fingerprint density at radius 1 is 1.40 bits per heavy atom. The van der Waals surface area contributed by atoms with E-state index in [1.54, 1.807) is 7.05 Å². The first kappa shape index (κ1) is 16.8.